The molecule has 0 radical (unpaired) electrons. The highest BCUT2D eigenvalue weighted by atomic mass is 16.3. The van der Waals surface area contributed by atoms with Crippen molar-refractivity contribution in [2.75, 3.05) is 0 Å². The summed E-state index contributed by atoms with van der Waals surface area (Å²) in [7, 11) is 0. The number of hydrazine groups is 1. The lowest BCUT2D eigenvalue weighted by molar-refractivity contribution is -0.123. The Bertz CT molecular complexity index is 641. The molecule has 2 aromatic carbocycles. The Kier molecular flexibility index (Phi) is 5.11. The molecule has 0 saturated carbocycles. The molecule has 6 heteroatoms. The third kappa shape index (κ3) is 4.07. The number of benzene rings is 2. The molecule has 6 nitrogen and oxygen atoms in total. The largest absolute Gasteiger partial charge is 0.508 e. The lowest BCUT2D eigenvalue weighted by atomic mass is 10.0. The smallest absolute Gasteiger partial charge is 0.256 e. The van der Waals surface area contributed by atoms with E-state index in [1.807, 2.05) is 0 Å². The number of phenols is 1. The molecule has 5 N–H and O–H groups in total. The average Bonchev–Trinajstić information content (AvgIpc) is 2.56. The van der Waals surface area contributed by atoms with Crippen LogP contribution in [0.25, 0.3) is 0 Å². The Morgan fingerprint density at radius 2 is 1.68 bits per heavy atom. The van der Waals surface area contributed by atoms with Gasteiger partial charge in [0.15, 0.2) is 0 Å². The van der Waals surface area contributed by atoms with Gasteiger partial charge in [-0.2, -0.15) is 0 Å². The number of aromatic hydroxyl groups is 1. The zero-order chi connectivity index (χ0) is 15.9. The van der Waals surface area contributed by atoms with Crippen molar-refractivity contribution in [3.63, 3.8) is 0 Å². The number of hydrogen-bond acceptors (Lipinski definition) is 4. The number of amides is 2. The van der Waals surface area contributed by atoms with Gasteiger partial charge in [-0.15, -0.1) is 0 Å². The molecule has 114 valence electrons. The minimum atomic E-state index is -0.803. The normalized spacial score (nSPS) is 11.5. The van der Waals surface area contributed by atoms with Crippen molar-refractivity contribution in [3.8, 4) is 5.75 Å². The predicted molar refractivity (Wildman–Crippen MR) is 81.8 cm³/mol. The molecule has 0 aliphatic heterocycles. The summed E-state index contributed by atoms with van der Waals surface area (Å²) in [5, 5.41) is 11.9. The van der Waals surface area contributed by atoms with Gasteiger partial charge in [0.25, 0.3) is 11.8 Å². The van der Waals surface area contributed by atoms with Crippen molar-refractivity contribution >= 4 is 11.8 Å². The van der Waals surface area contributed by atoms with Crippen LogP contribution in [0.5, 0.6) is 5.75 Å². The van der Waals surface area contributed by atoms with Gasteiger partial charge < -0.3 is 10.4 Å². The van der Waals surface area contributed by atoms with Gasteiger partial charge in [0.2, 0.25) is 0 Å². The summed E-state index contributed by atoms with van der Waals surface area (Å²) in [5.74, 6) is 4.47. The molecule has 0 bridgehead atoms. The minimum absolute atomic E-state index is 0.136. The molecule has 2 amide bonds. The fraction of sp³-hybridized carbons (Fsp3) is 0.125. The third-order valence-corrected chi connectivity index (χ3v) is 3.18. The first-order valence-electron chi connectivity index (χ1n) is 6.74. The van der Waals surface area contributed by atoms with Gasteiger partial charge in [-0.1, -0.05) is 30.3 Å². The Morgan fingerprint density at radius 3 is 2.27 bits per heavy atom. The van der Waals surface area contributed by atoms with E-state index >= 15 is 0 Å². The number of rotatable bonds is 5. The van der Waals surface area contributed by atoms with Gasteiger partial charge in [-0.25, -0.2) is 5.84 Å². The van der Waals surface area contributed by atoms with E-state index in [1.165, 1.54) is 12.1 Å². The highest BCUT2D eigenvalue weighted by Crippen LogP contribution is 2.11. The quantitative estimate of drug-likeness (QED) is 0.371. The van der Waals surface area contributed by atoms with Gasteiger partial charge in [-0.05, 0) is 29.8 Å². The van der Waals surface area contributed by atoms with E-state index in [0.717, 1.165) is 5.56 Å². The number of nitrogens with one attached hydrogen (secondary N) is 2. The number of hydrogen-bond donors (Lipinski definition) is 4. The molecule has 2 aromatic rings. The van der Waals surface area contributed by atoms with E-state index < -0.39 is 11.9 Å². The minimum Gasteiger partial charge on any atom is -0.508 e. The van der Waals surface area contributed by atoms with Crippen molar-refractivity contribution in [1.29, 1.82) is 0 Å². The van der Waals surface area contributed by atoms with E-state index in [2.05, 4.69) is 10.7 Å². The van der Waals surface area contributed by atoms with E-state index in [-0.39, 0.29) is 18.1 Å². The van der Waals surface area contributed by atoms with E-state index in [9.17, 15) is 14.7 Å². The summed E-state index contributed by atoms with van der Waals surface area (Å²) in [6.07, 6.45) is 0.266. The molecule has 0 fully saturated rings. The fourth-order valence-corrected chi connectivity index (χ4v) is 2.01. The SMILES string of the molecule is NNC(=O)[C@@H](Cc1ccc(O)cc1)NC(=O)c1ccccc1. The Labute approximate surface area is 127 Å². The second-order valence-corrected chi connectivity index (χ2v) is 4.77. The molecular weight excluding hydrogens is 282 g/mol. The zero-order valence-corrected chi connectivity index (χ0v) is 11.8. The molecule has 0 saturated heterocycles. The summed E-state index contributed by atoms with van der Waals surface area (Å²) in [6, 6.07) is 14.2. The van der Waals surface area contributed by atoms with Gasteiger partial charge in [0.1, 0.15) is 11.8 Å². The summed E-state index contributed by atoms with van der Waals surface area (Å²) < 4.78 is 0. The van der Waals surface area contributed by atoms with Gasteiger partial charge in [0, 0.05) is 12.0 Å². The van der Waals surface area contributed by atoms with Crippen molar-refractivity contribution in [3.05, 3.63) is 65.7 Å². The first-order valence-corrected chi connectivity index (χ1v) is 6.74. The van der Waals surface area contributed by atoms with Crippen LogP contribution in [-0.2, 0) is 11.2 Å². The Morgan fingerprint density at radius 1 is 1.05 bits per heavy atom. The summed E-state index contributed by atoms with van der Waals surface area (Å²) >= 11 is 0. The van der Waals surface area contributed by atoms with Crippen molar-refractivity contribution < 1.29 is 14.7 Å². The van der Waals surface area contributed by atoms with Crippen molar-refractivity contribution in [2.45, 2.75) is 12.5 Å². The van der Waals surface area contributed by atoms with E-state index in [4.69, 9.17) is 5.84 Å². The third-order valence-electron chi connectivity index (χ3n) is 3.18. The fourth-order valence-electron chi connectivity index (χ4n) is 2.01. The van der Waals surface area contributed by atoms with Gasteiger partial charge in [-0.3, -0.25) is 15.0 Å². The second kappa shape index (κ2) is 7.24. The Hall–Kier alpha value is -2.86. The second-order valence-electron chi connectivity index (χ2n) is 4.77. The molecule has 0 spiro atoms. The molecule has 0 unspecified atom stereocenters. The lowest BCUT2D eigenvalue weighted by Crippen LogP contribution is -2.50. The summed E-state index contributed by atoms with van der Waals surface area (Å²) in [4.78, 5) is 24.0. The van der Waals surface area contributed by atoms with E-state index in [0.29, 0.717) is 5.56 Å². The number of carbonyl (C=O) groups is 2. The van der Waals surface area contributed by atoms with E-state index in [1.54, 1.807) is 42.5 Å². The molecule has 0 heterocycles. The van der Waals surface area contributed by atoms with Gasteiger partial charge in [0.05, 0.1) is 0 Å². The maximum absolute atomic E-state index is 12.1. The summed E-state index contributed by atoms with van der Waals surface area (Å²) in [5.41, 5.74) is 3.30. The summed E-state index contributed by atoms with van der Waals surface area (Å²) in [6.45, 7) is 0. The number of nitrogens with two attached hydrogens (primary N) is 1. The molecule has 22 heavy (non-hydrogen) atoms. The van der Waals surface area contributed by atoms with Crippen LogP contribution in [-0.4, -0.2) is 23.0 Å². The first kappa shape index (κ1) is 15.5. The highest BCUT2D eigenvalue weighted by molar-refractivity contribution is 5.97. The molecule has 2 rings (SSSR count). The van der Waals surface area contributed by atoms with Crippen molar-refractivity contribution in [1.82, 2.24) is 10.7 Å². The molecule has 0 aliphatic rings. The first-order chi connectivity index (χ1) is 10.6. The number of carbonyl (C=O) groups excluding carboxylic acids is 2. The van der Waals surface area contributed by atoms with Crippen LogP contribution in [0, 0.1) is 0 Å². The highest BCUT2D eigenvalue weighted by Gasteiger charge is 2.21. The molecule has 1 atom stereocenters. The van der Waals surface area contributed by atoms with Crippen LogP contribution in [0.15, 0.2) is 54.6 Å². The van der Waals surface area contributed by atoms with Crippen LogP contribution in [0.1, 0.15) is 15.9 Å². The van der Waals surface area contributed by atoms with Gasteiger partial charge >= 0.3 is 0 Å². The van der Waals surface area contributed by atoms with Crippen molar-refractivity contribution in [2.24, 2.45) is 5.84 Å². The zero-order valence-electron chi connectivity index (χ0n) is 11.8. The predicted octanol–water partition coefficient (Wildman–Crippen LogP) is 0.723. The van der Waals surface area contributed by atoms with Crippen LogP contribution >= 0.6 is 0 Å². The molecular formula is C16H17N3O3. The maximum atomic E-state index is 12.1. The average molecular weight is 299 g/mol. The Balaban J connectivity index is 2.11. The monoisotopic (exact) mass is 299 g/mol. The standard InChI is InChI=1S/C16H17N3O3/c17-19-16(22)14(10-11-6-8-13(20)9-7-11)18-15(21)12-4-2-1-3-5-12/h1-9,14,20H,10,17H2,(H,18,21)(H,19,22)/t14-/m1/s1. The molecule has 0 aliphatic carbocycles. The van der Waals surface area contributed by atoms with Crippen LogP contribution in [0.2, 0.25) is 0 Å². The molecule has 0 aromatic heterocycles. The van der Waals surface area contributed by atoms with Crippen LogP contribution in [0.4, 0.5) is 0 Å². The maximum Gasteiger partial charge on any atom is 0.256 e. The topological polar surface area (TPSA) is 104 Å². The van der Waals surface area contributed by atoms with Crippen LogP contribution < -0.4 is 16.6 Å². The number of phenolic OH excluding ortho intramolecular Hbond substituents is 1. The van der Waals surface area contributed by atoms with Crippen LogP contribution in [0.3, 0.4) is 0 Å². The lowest BCUT2D eigenvalue weighted by Gasteiger charge is -2.17.